The fraction of sp³-hybridized carbons (Fsp3) is 0.471. The molecule has 1 rings (SSSR count). The SMILES string of the molecule is CCCCCC(=O)C(Cc1c(N)nc(NC=NN)c(N)c1C(C)=O)C(=O)O. The lowest BCUT2D eigenvalue weighted by molar-refractivity contribution is -0.146. The molecule has 0 saturated heterocycles. The molecule has 0 aliphatic heterocycles. The molecule has 1 aromatic rings. The number of nitrogens with one attached hydrogen (secondary N) is 1. The number of ketones is 2. The van der Waals surface area contributed by atoms with Crippen LogP contribution in [0, 0.1) is 5.92 Å². The smallest absolute Gasteiger partial charge is 0.314 e. The van der Waals surface area contributed by atoms with E-state index in [-0.39, 0.29) is 41.3 Å². The summed E-state index contributed by atoms with van der Waals surface area (Å²) in [5.74, 6) is 1.55. The Bertz CT molecular complexity index is 747. The molecular formula is C17H26N6O4. The van der Waals surface area contributed by atoms with Crippen LogP contribution in [0.25, 0.3) is 0 Å². The Morgan fingerprint density at radius 1 is 1.30 bits per heavy atom. The number of hydrogen-bond acceptors (Lipinski definition) is 8. The Balaban J connectivity index is 3.29. The third kappa shape index (κ3) is 5.66. The Hall–Kier alpha value is -3.17. The van der Waals surface area contributed by atoms with Crippen LogP contribution < -0.4 is 22.6 Å². The summed E-state index contributed by atoms with van der Waals surface area (Å²) in [6.45, 7) is 3.26. The maximum Gasteiger partial charge on any atom is 0.314 e. The zero-order valence-electron chi connectivity index (χ0n) is 15.5. The second-order valence-electron chi connectivity index (χ2n) is 6.11. The van der Waals surface area contributed by atoms with Crippen LogP contribution in [0.3, 0.4) is 0 Å². The van der Waals surface area contributed by atoms with Gasteiger partial charge in [0.2, 0.25) is 0 Å². The van der Waals surface area contributed by atoms with Gasteiger partial charge in [0.25, 0.3) is 0 Å². The van der Waals surface area contributed by atoms with Crippen LogP contribution in [0.15, 0.2) is 5.10 Å². The van der Waals surface area contributed by atoms with E-state index in [2.05, 4.69) is 15.4 Å². The van der Waals surface area contributed by atoms with E-state index >= 15 is 0 Å². The molecule has 10 heteroatoms. The average Bonchev–Trinajstić information content (AvgIpc) is 2.60. The molecule has 0 aliphatic rings. The van der Waals surface area contributed by atoms with Crippen molar-refractivity contribution in [3.8, 4) is 0 Å². The molecule has 1 aromatic heterocycles. The van der Waals surface area contributed by atoms with Gasteiger partial charge in [-0.3, -0.25) is 14.4 Å². The topological polar surface area (TPSA) is 187 Å². The highest BCUT2D eigenvalue weighted by molar-refractivity contribution is 6.05. The van der Waals surface area contributed by atoms with Gasteiger partial charge in [0.05, 0.1) is 11.3 Å². The summed E-state index contributed by atoms with van der Waals surface area (Å²) in [7, 11) is 0. The molecule has 148 valence electrons. The lowest BCUT2D eigenvalue weighted by atomic mass is 9.89. The van der Waals surface area contributed by atoms with Gasteiger partial charge in [0.15, 0.2) is 11.6 Å². The number of carboxylic acids is 1. The Morgan fingerprint density at radius 3 is 2.48 bits per heavy atom. The molecule has 0 saturated carbocycles. The largest absolute Gasteiger partial charge is 0.481 e. The van der Waals surface area contributed by atoms with Crippen molar-refractivity contribution < 1.29 is 19.5 Å². The first kappa shape index (κ1) is 21.9. The van der Waals surface area contributed by atoms with Crippen LogP contribution in [0.2, 0.25) is 0 Å². The molecule has 0 amide bonds. The summed E-state index contributed by atoms with van der Waals surface area (Å²) in [6, 6.07) is 0. The van der Waals surface area contributed by atoms with Crippen LogP contribution in [-0.4, -0.2) is 34.0 Å². The molecule has 0 spiro atoms. The monoisotopic (exact) mass is 378 g/mol. The van der Waals surface area contributed by atoms with Crippen LogP contribution in [0.4, 0.5) is 17.3 Å². The zero-order chi connectivity index (χ0) is 20.6. The van der Waals surface area contributed by atoms with Gasteiger partial charge in [-0.05, 0) is 19.8 Å². The first-order valence-corrected chi connectivity index (χ1v) is 8.57. The van der Waals surface area contributed by atoms with Gasteiger partial charge in [0, 0.05) is 12.0 Å². The number of aliphatic carboxylic acids is 1. The van der Waals surface area contributed by atoms with Crippen LogP contribution in [0.5, 0.6) is 0 Å². The predicted octanol–water partition coefficient (Wildman–Crippen LogP) is 1.16. The number of hydrazone groups is 1. The predicted molar refractivity (Wildman–Crippen MR) is 103 cm³/mol. The van der Waals surface area contributed by atoms with E-state index in [0.717, 1.165) is 19.2 Å². The van der Waals surface area contributed by atoms with E-state index in [1.54, 1.807) is 0 Å². The number of nitrogens with two attached hydrogens (primary N) is 3. The van der Waals surface area contributed by atoms with Crippen molar-refractivity contribution in [1.82, 2.24) is 4.98 Å². The molecule has 0 aliphatic carbocycles. The quantitative estimate of drug-likeness (QED) is 0.0715. The molecule has 0 fully saturated rings. The second-order valence-corrected chi connectivity index (χ2v) is 6.11. The van der Waals surface area contributed by atoms with Gasteiger partial charge < -0.3 is 27.7 Å². The number of Topliss-reactive ketones (excluding diaryl/α,β-unsaturated/α-hetero) is 2. The Morgan fingerprint density at radius 2 is 1.96 bits per heavy atom. The summed E-state index contributed by atoms with van der Waals surface area (Å²) >= 11 is 0. The molecule has 8 N–H and O–H groups in total. The van der Waals surface area contributed by atoms with Gasteiger partial charge in [-0.1, -0.05) is 19.8 Å². The second kappa shape index (κ2) is 10.1. The lowest BCUT2D eigenvalue weighted by Gasteiger charge is -2.18. The highest BCUT2D eigenvalue weighted by Gasteiger charge is 2.30. The number of rotatable bonds is 11. The number of unbranched alkanes of at least 4 members (excludes halogenated alkanes) is 2. The minimum absolute atomic E-state index is 0.0193. The number of carbonyl (C=O) groups excluding carboxylic acids is 2. The molecule has 10 nitrogen and oxygen atoms in total. The number of aromatic nitrogens is 1. The van der Waals surface area contributed by atoms with Gasteiger partial charge in [-0.15, -0.1) is 0 Å². The summed E-state index contributed by atoms with van der Waals surface area (Å²) in [4.78, 5) is 40.1. The summed E-state index contributed by atoms with van der Waals surface area (Å²) < 4.78 is 0. The van der Waals surface area contributed by atoms with Crippen molar-refractivity contribution in [3.05, 3.63) is 11.1 Å². The maximum atomic E-state index is 12.3. The number of hydrogen-bond donors (Lipinski definition) is 5. The molecule has 0 radical (unpaired) electrons. The third-order valence-electron chi connectivity index (χ3n) is 4.12. The number of carboxylic acid groups (broad SMARTS) is 1. The van der Waals surface area contributed by atoms with E-state index in [1.807, 2.05) is 6.92 Å². The van der Waals surface area contributed by atoms with Crippen molar-refractivity contribution in [2.24, 2.45) is 16.9 Å². The number of nitrogens with zero attached hydrogens (tertiary/aromatic N) is 2. The molecule has 0 aromatic carbocycles. The highest BCUT2D eigenvalue weighted by Crippen LogP contribution is 2.31. The molecule has 1 atom stereocenters. The average molecular weight is 378 g/mol. The summed E-state index contributed by atoms with van der Waals surface area (Å²) in [5, 5.41) is 15.3. The highest BCUT2D eigenvalue weighted by atomic mass is 16.4. The maximum absolute atomic E-state index is 12.3. The first-order chi connectivity index (χ1) is 12.7. The van der Waals surface area contributed by atoms with Gasteiger partial charge >= 0.3 is 5.97 Å². The van der Waals surface area contributed by atoms with Gasteiger partial charge in [-0.2, -0.15) is 5.10 Å². The number of nitrogen functional groups attached to an aromatic ring is 2. The lowest BCUT2D eigenvalue weighted by Crippen LogP contribution is -2.28. The van der Waals surface area contributed by atoms with E-state index in [0.29, 0.717) is 6.42 Å². The third-order valence-corrected chi connectivity index (χ3v) is 4.12. The minimum Gasteiger partial charge on any atom is -0.481 e. The van der Waals surface area contributed by atoms with Crippen LogP contribution in [0.1, 0.15) is 55.5 Å². The Labute approximate surface area is 157 Å². The fourth-order valence-corrected chi connectivity index (χ4v) is 2.74. The Kier molecular flexibility index (Phi) is 8.18. The molecule has 1 heterocycles. The van der Waals surface area contributed by atoms with Gasteiger partial charge in [-0.25, -0.2) is 4.98 Å². The van der Waals surface area contributed by atoms with Crippen LogP contribution >= 0.6 is 0 Å². The van der Waals surface area contributed by atoms with Crippen LogP contribution in [-0.2, 0) is 16.0 Å². The molecule has 0 bridgehead atoms. The molecule has 1 unspecified atom stereocenters. The van der Waals surface area contributed by atoms with Crippen molar-refractivity contribution in [1.29, 1.82) is 0 Å². The van der Waals surface area contributed by atoms with Gasteiger partial charge in [0.1, 0.15) is 23.9 Å². The van der Waals surface area contributed by atoms with Crippen molar-refractivity contribution >= 4 is 41.2 Å². The molecular weight excluding hydrogens is 352 g/mol. The van der Waals surface area contributed by atoms with E-state index < -0.39 is 23.5 Å². The standard InChI is InChI=1S/C17H26N6O4/c1-3-4-5-6-12(25)10(17(26)27)7-11-13(9(2)24)14(18)16(21-8-22-20)23-15(11)19/h8,10H,3-7,18,20H2,1-2H3,(H,26,27)(H3,19,21,22,23). The summed E-state index contributed by atoms with van der Waals surface area (Å²) in [6.07, 6.45) is 3.35. The van der Waals surface area contributed by atoms with E-state index in [9.17, 15) is 19.5 Å². The van der Waals surface area contributed by atoms with Crippen molar-refractivity contribution in [2.45, 2.75) is 46.0 Å². The normalized spacial score (nSPS) is 12.1. The zero-order valence-corrected chi connectivity index (χ0v) is 15.5. The van der Waals surface area contributed by atoms with E-state index in [1.165, 1.54) is 6.92 Å². The minimum atomic E-state index is -1.33. The van der Waals surface area contributed by atoms with Crippen molar-refractivity contribution in [2.75, 3.05) is 16.8 Å². The number of anilines is 3. The van der Waals surface area contributed by atoms with E-state index in [4.69, 9.17) is 17.3 Å². The number of carbonyl (C=O) groups is 3. The fourth-order valence-electron chi connectivity index (χ4n) is 2.74. The first-order valence-electron chi connectivity index (χ1n) is 8.57. The molecule has 27 heavy (non-hydrogen) atoms. The summed E-state index contributed by atoms with van der Waals surface area (Å²) in [5.41, 5.74) is 12.1. The van der Waals surface area contributed by atoms with Crippen molar-refractivity contribution in [3.63, 3.8) is 0 Å². The number of pyridine rings is 1.